The molecule has 0 aliphatic carbocycles. The first-order valence-corrected chi connectivity index (χ1v) is 7.71. The Morgan fingerprint density at radius 2 is 1.78 bits per heavy atom. The second-order valence-electron chi connectivity index (χ2n) is 5.61. The van der Waals surface area contributed by atoms with Gasteiger partial charge in [-0.2, -0.15) is 5.10 Å². The van der Waals surface area contributed by atoms with Gasteiger partial charge in [-0.25, -0.2) is 0 Å². The smallest absolute Gasteiger partial charge is 0.127 e. The summed E-state index contributed by atoms with van der Waals surface area (Å²) in [6, 6.07) is 19.9. The van der Waals surface area contributed by atoms with Gasteiger partial charge in [0.2, 0.25) is 0 Å². The maximum atomic E-state index is 6.04. The lowest BCUT2D eigenvalue weighted by atomic mass is 9.95. The molecule has 0 aliphatic heterocycles. The second kappa shape index (κ2) is 6.67. The van der Waals surface area contributed by atoms with Crippen LogP contribution in [-0.2, 0) is 7.05 Å². The first kappa shape index (κ1) is 15.3. The number of aromatic nitrogens is 2. The first-order chi connectivity index (χ1) is 11.2. The summed E-state index contributed by atoms with van der Waals surface area (Å²) in [6.07, 6.45) is 0. The average Bonchev–Trinajstić information content (AvgIpc) is 2.88. The fraction of sp³-hybridized carbons (Fsp3) is 0.211. The molecular weight excluding hydrogens is 286 g/mol. The van der Waals surface area contributed by atoms with Gasteiger partial charge in [-0.15, -0.1) is 0 Å². The monoisotopic (exact) mass is 307 g/mol. The van der Waals surface area contributed by atoms with Gasteiger partial charge in [-0.05, 0) is 42.8 Å². The predicted molar refractivity (Wildman–Crippen MR) is 91.8 cm³/mol. The lowest BCUT2D eigenvalue weighted by Crippen LogP contribution is -2.17. The van der Waals surface area contributed by atoms with Crippen molar-refractivity contribution in [2.24, 2.45) is 12.8 Å². The predicted octanol–water partition coefficient (Wildman–Crippen LogP) is 3.61. The zero-order valence-corrected chi connectivity index (χ0v) is 13.4. The number of hydrogen-bond acceptors (Lipinski definition) is 3. The van der Waals surface area contributed by atoms with E-state index in [-0.39, 0.29) is 5.92 Å². The fourth-order valence-electron chi connectivity index (χ4n) is 2.80. The molecule has 0 spiro atoms. The topological polar surface area (TPSA) is 53.1 Å². The molecule has 0 fully saturated rings. The van der Waals surface area contributed by atoms with Crippen molar-refractivity contribution in [2.45, 2.75) is 12.8 Å². The molecule has 0 saturated heterocycles. The van der Waals surface area contributed by atoms with Gasteiger partial charge in [0.05, 0.1) is 5.69 Å². The lowest BCUT2D eigenvalue weighted by molar-refractivity contribution is 0.481. The van der Waals surface area contributed by atoms with Crippen LogP contribution in [0.15, 0.2) is 60.7 Å². The van der Waals surface area contributed by atoms with Crippen LogP contribution in [0.3, 0.4) is 0 Å². The van der Waals surface area contributed by atoms with Gasteiger partial charge in [0, 0.05) is 25.2 Å². The Balaban J connectivity index is 1.90. The third-order valence-electron chi connectivity index (χ3n) is 3.87. The maximum Gasteiger partial charge on any atom is 0.127 e. The van der Waals surface area contributed by atoms with Gasteiger partial charge in [-0.3, -0.25) is 4.68 Å². The van der Waals surface area contributed by atoms with E-state index in [1.807, 2.05) is 67.2 Å². The molecule has 23 heavy (non-hydrogen) atoms. The molecule has 3 aromatic rings. The van der Waals surface area contributed by atoms with Crippen LogP contribution in [-0.4, -0.2) is 16.3 Å². The van der Waals surface area contributed by atoms with Gasteiger partial charge in [0.25, 0.3) is 0 Å². The molecule has 0 radical (unpaired) electrons. The molecule has 1 unspecified atom stereocenters. The summed E-state index contributed by atoms with van der Waals surface area (Å²) < 4.78 is 7.82. The largest absolute Gasteiger partial charge is 0.457 e. The fourth-order valence-corrected chi connectivity index (χ4v) is 2.80. The van der Waals surface area contributed by atoms with Crippen molar-refractivity contribution in [1.82, 2.24) is 9.78 Å². The summed E-state index contributed by atoms with van der Waals surface area (Å²) in [5.41, 5.74) is 9.27. The van der Waals surface area contributed by atoms with E-state index in [0.29, 0.717) is 6.54 Å². The number of ether oxygens (including phenoxy) is 1. The van der Waals surface area contributed by atoms with E-state index >= 15 is 0 Å². The van der Waals surface area contributed by atoms with E-state index in [0.717, 1.165) is 28.5 Å². The van der Waals surface area contributed by atoms with Gasteiger partial charge in [-0.1, -0.05) is 30.3 Å². The number of nitrogens with zero attached hydrogens (tertiary/aromatic N) is 2. The molecule has 4 heteroatoms. The zero-order chi connectivity index (χ0) is 16.2. The van der Waals surface area contributed by atoms with Crippen LogP contribution >= 0.6 is 0 Å². The highest BCUT2D eigenvalue weighted by molar-refractivity contribution is 5.38. The van der Waals surface area contributed by atoms with E-state index in [1.165, 1.54) is 0 Å². The highest BCUT2D eigenvalue weighted by Crippen LogP contribution is 2.29. The lowest BCUT2D eigenvalue weighted by Gasteiger charge is -2.17. The Morgan fingerprint density at radius 1 is 1.04 bits per heavy atom. The Hall–Kier alpha value is -2.59. The third kappa shape index (κ3) is 3.43. The Kier molecular flexibility index (Phi) is 4.44. The number of nitrogens with two attached hydrogens (primary N) is 1. The van der Waals surface area contributed by atoms with E-state index in [2.05, 4.69) is 17.2 Å². The van der Waals surface area contributed by atoms with Crippen molar-refractivity contribution < 1.29 is 4.74 Å². The van der Waals surface area contributed by atoms with E-state index in [1.54, 1.807) is 0 Å². The second-order valence-corrected chi connectivity index (χ2v) is 5.61. The number of benzene rings is 2. The van der Waals surface area contributed by atoms with Gasteiger partial charge >= 0.3 is 0 Å². The van der Waals surface area contributed by atoms with Crippen LogP contribution in [0, 0.1) is 6.92 Å². The SMILES string of the molecule is Cc1cc(C(CN)c2cccc(Oc3ccccc3)c2)n(C)n1. The maximum absolute atomic E-state index is 6.04. The third-order valence-corrected chi connectivity index (χ3v) is 3.87. The van der Waals surface area contributed by atoms with Crippen LogP contribution < -0.4 is 10.5 Å². The minimum absolute atomic E-state index is 0.0977. The first-order valence-electron chi connectivity index (χ1n) is 7.71. The highest BCUT2D eigenvalue weighted by Gasteiger charge is 2.17. The molecule has 0 amide bonds. The molecule has 4 nitrogen and oxygen atoms in total. The van der Waals surface area contributed by atoms with E-state index in [4.69, 9.17) is 10.5 Å². The molecule has 118 valence electrons. The summed E-state index contributed by atoms with van der Waals surface area (Å²) in [6.45, 7) is 2.51. The molecule has 0 aliphatic rings. The van der Waals surface area contributed by atoms with Gasteiger partial charge in [0.1, 0.15) is 11.5 Å². The Morgan fingerprint density at radius 3 is 2.43 bits per heavy atom. The summed E-state index contributed by atoms with van der Waals surface area (Å²) in [5.74, 6) is 1.73. The molecule has 3 rings (SSSR count). The van der Waals surface area contributed by atoms with Gasteiger partial charge in [0.15, 0.2) is 0 Å². The Bertz CT molecular complexity index is 780. The number of para-hydroxylation sites is 1. The number of rotatable bonds is 5. The van der Waals surface area contributed by atoms with Crippen molar-refractivity contribution in [2.75, 3.05) is 6.54 Å². The number of hydrogen-bond donors (Lipinski definition) is 1. The van der Waals surface area contributed by atoms with Crippen LogP contribution in [0.2, 0.25) is 0 Å². The normalized spacial score (nSPS) is 12.1. The minimum Gasteiger partial charge on any atom is -0.457 e. The number of aryl methyl sites for hydroxylation is 2. The average molecular weight is 307 g/mol. The standard InChI is InChI=1S/C19H21N3O/c1-14-11-19(22(2)21-14)18(13-20)15-7-6-10-17(12-15)23-16-8-4-3-5-9-16/h3-12,18H,13,20H2,1-2H3. The summed E-state index contributed by atoms with van der Waals surface area (Å²) in [7, 11) is 1.95. The van der Waals surface area contributed by atoms with E-state index in [9.17, 15) is 0 Å². The van der Waals surface area contributed by atoms with Crippen molar-refractivity contribution in [1.29, 1.82) is 0 Å². The Labute approximate surface area is 136 Å². The zero-order valence-electron chi connectivity index (χ0n) is 13.4. The molecule has 2 N–H and O–H groups in total. The summed E-state index contributed by atoms with van der Waals surface area (Å²) in [5, 5.41) is 4.43. The van der Waals surface area contributed by atoms with Crippen LogP contribution in [0.25, 0.3) is 0 Å². The molecule has 0 saturated carbocycles. The van der Waals surface area contributed by atoms with E-state index < -0.39 is 0 Å². The van der Waals surface area contributed by atoms with Crippen molar-refractivity contribution in [3.63, 3.8) is 0 Å². The van der Waals surface area contributed by atoms with Crippen LogP contribution in [0.4, 0.5) is 0 Å². The van der Waals surface area contributed by atoms with Crippen molar-refractivity contribution >= 4 is 0 Å². The molecule has 1 heterocycles. The van der Waals surface area contributed by atoms with Crippen LogP contribution in [0.5, 0.6) is 11.5 Å². The van der Waals surface area contributed by atoms with Crippen LogP contribution in [0.1, 0.15) is 22.9 Å². The highest BCUT2D eigenvalue weighted by atomic mass is 16.5. The molecule has 1 aromatic heterocycles. The quantitative estimate of drug-likeness (QED) is 0.783. The molecule has 2 aromatic carbocycles. The van der Waals surface area contributed by atoms with Crippen molar-refractivity contribution in [3.8, 4) is 11.5 Å². The molecule has 1 atom stereocenters. The summed E-state index contributed by atoms with van der Waals surface area (Å²) in [4.78, 5) is 0. The molecule has 0 bridgehead atoms. The minimum atomic E-state index is 0.0977. The van der Waals surface area contributed by atoms with Crippen molar-refractivity contribution in [3.05, 3.63) is 77.6 Å². The molecular formula is C19H21N3O. The summed E-state index contributed by atoms with van der Waals surface area (Å²) >= 11 is 0. The van der Waals surface area contributed by atoms with Gasteiger partial charge < -0.3 is 10.5 Å².